The van der Waals surface area contributed by atoms with Crippen molar-refractivity contribution in [3.05, 3.63) is 0 Å². The first kappa shape index (κ1) is 14.4. The highest BCUT2D eigenvalue weighted by Crippen LogP contribution is 2.41. The molecule has 4 heteroatoms. The van der Waals surface area contributed by atoms with Crippen LogP contribution in [0.2, 0.25) is 0 Å². The molecule has 0 aromatic carbocycles. The van der Waals surface area contributed by atoms with E-state index in [-0.39, 0.29) is 29.8 Å². The summed E-state index contributed by atoms with van der Waals surface area (Å²) < 4.78 is 0. The standard InChI is InChI=1S/C15H26N2O2/c1-5-7-11-15(19)17(12-8-10(12)6-2)13(9(3)4)14(18)16-11/h9-13H,5-8H2,1-4H3,(H,16,18). The maximum absolute atomic E-state index is 12.6. The van der Waals surface area contributed by atoms with Crippen molar-refractivity contribution in [2.24, 2.45) is 11.8 Å². The monoisotopic (exact) mass is 266 g/mol. The zero-order valence-corrected chi connectivity index (χ0v) is 12.5. The molecule has 2 rings (SSSR count). The Morgan fingerprint density at radius 2 is 2.00 bits per heavy atom. The molecule has 0 radical (unpaired) electrons. The van der Waals surface area contributed by atoms with Gasteiger partial charge in [0.25, 0.3) is 0 Å². The largest absolute Gasteiger partial charge is 0.342 e. The molecule has 0 bridgehead atoms. The van der Waals surface area contributed by atoms with Crippen LogP contribution in [0.4, 0.5) is 0 Å². The van der Waals surface area contributed by atoms with E-state index in [0.717, 1.165) is 25.7 Å². The van der Waals surface area contributed by atoms with Gasteiger partial charge in [-0.15, -0.1) is 0 Å². The zero-order valence-electron chi connectivity index (χ0n) is 12.5. The summed E-state index contributed by atoms with van der Waals surface area (Å²) in [5.41, 5.74) is 0. The van der Waals surface area contributed by atoms with Gasteiger partial charge in [-0.1, -0.05) is 40.5 Å². The van der Waals surface area contributed by atoms with Gasteiger partial charge < -0.3 is 10.2 Å². The SMILES string of the molecule is CCCC1NC(=O)C(C(C)C)N(C2CC2CC)C1=O. The third kappa shape index (κ3) is 2.63. The van der Waals surface area contributed by atoms with Gasteiger partial charge in [-0.2, -0.15) is 0 Å². The van der Waals surface area contributed by atoms with Crippen molar-refractivity contribution >= 4 is 11.8 Å². The van der Waals surface area contributed by atoms with Crippen LogP contribution in [0.3, 0.4) is 0 Å². The van der Waals surface area contributed by atoms with Crippen LogP contribution in [0, 0.1) is 11.8 Å². The van der Waals surface area contributed by atoms with Crippen molar-refractivity contribution in [1.82, 2.24) is 10.2 Å². The molecule has 1 N–H and O–H groups in total. The smallest absolute Gasteiger partial charge is 0.246 e. The van der Waals surface area contributed by atoms with Crippen LogP contribution in [0.5, 0.6) is 0 Å². The van der Waals surface area contributed by atoms with E-state index in [1.807, 2.05) is 25.7 Å². The summed E-state index contributed by atoms with van der Waals surface area (Å²) in [4.78, 5) is 26.8. The molecule has 108 valence electrons. The van der Waals surface area contributed by atoms with E-state index in [2.05, 4.69) is 12.2 Å². The molecular formula is C15H26N2O2. The molecule has 0 spiro atoms. The Morgan fingerprint density at radius 1 is 1.32 bits per heavy atom. The molecule has 4 nitrogen and oxygen atoms in total. The van der Waals surface area contributed by atoms with Crippen molar-refractivity contribution in [3.63, 3.8) is 0 Å². The van der Waals surface area contributed by atoms with Crippen LogP contribution < -0.4 is 5.32 Å². The van der Waals surface area contributed by atoms with Crippen molar-refractivity contribution in [2.45, 2.75) is 71.5 Å². The van der Waals surface area contributed by atoms with Gasteiger partial charge in [-0.25, -0.2) is 0 Å². The minimum atomic E-state index is -0.300. The number of amides is 2. The summed E-state index contributed by atoms with van der Waals surface area (Å²) in [6, 6.07) is -0.275. The van der Waals surface area contributed by atoms with Crippen LogP contribution in [-0.2, 0) is 9.59 Å². The van der Waals surface area contributed by atoms with E-state index in [4.69, 9.17) is 0 Å². The molecule has 2 fully saturated rings. The second-order valence-corrected chi connectivity index (χ2v) is 6.26. The van der Waals surface area contributed by atoms with Crippen LogP contribution in [0.25, 0.3) is 0 Å². The van der Waals surface area contributed by atoms with Gasteiger partial charge in [0.05, 0.1) is 0 Å². The van der Waals surface area contributed by atoms with Crippen molar-refractivity contribution in [3.8, 4) is 0 Å². The minimum absolute atomic E-state index is 0.0369. The fourth-order valence-corrected chi connectivity index (χ4v) is 3.25. The van der Waals surface area contributed by atoms with E-state index in [0.29, 0.717) is 12.0 Å². The first-order chi connectivity index (χ1) is 9.01. The Bertz CT molecular complexity index is 367. The summed E-state index contributed by atoms with van der Waals surface area (Å²) in [7, 11) is 0. The summed E-state index contributed by atoms with van der Waals surface area (Å²) in [5, 5.41) is 2.91. The summed E-state index contributed by atoms with van der Waals surface area (Å²) in [6.07, 6.45) is 3.82. The Kier molecular flexibility index (Phi) is 4.16. The minimum Gasteiger partial charge on any atom is -0.342 e. The van der Waals surface area contributed by atoms with E-state index < -0.39 is 0 Å². The predicted molar refractivity (Wildman–Crippen MR) is 74.5 cm³/mol. The molecule has 1 aliphatic heterocycles. The van der Waals surface area contributed by atoms with Crippen molar-refractivity contribution < 1.29 is 9.59 Å². The molecule has 1 saturated carbocycles. The molecule has 1 heterocycles. The Labute approximate surface area is 115 Å². The van der Waals surface area contributed by atoms with E-state index in [9.17, 15) is 9.59 Å². The maximum atomic E-state index is 12.6. The van der Waals surface area contributed by atoms with Crippen molar-refractivity contribution in [1.29, 1.82) is 0 Å². The lowest BCUT2D eigenvalue weighted by molar-refractivity contribution is -0.152. The average Bonchev–Trinajstić information content (AvgIpc) is 3.11. The lowest BCUT2D eigenvalue weighted by Gasteiger charge is -2.41. The third-order valence-electron chi connectivity index (χ3n) is 4.41. The number of hydrogen-bond donors (Lipinski definition) is 1. The fourth-order valence-electron chi connectivity index (χ4n) is 3.25. The first-order valence-corrected chi connectivity index (χ1v) is 7.63. The molecule has 1 aliphatic carbocycles. The number of nitrogens with one attached hydrogen (secondary N) is 1. The van der Waals surface area contributed by atoms with Crippen LogP contribution in [-0.4, -0.2) is 34.8 Å². The van der Waals surface area contributed by atoms with Gasteiger partial charge in [-0.3, -0.25) is 9.59 Å². The van der Waals surface area contributed by atoms with Crippen LogP contribution in [0.15, 0.2) is 0 Å². The van der Waals surface area contributed by atoms with Gasteiger partial charge in [0.2, 0.25) is 11.8 Å². The number of carbonyl (C=O) groups excluding carboxylic acids is 2. The van der Waals surface area contributed by atoms with Crippen molar-refractivity contribution in [2.75, 3.05) is 0 Å². The molecule has 2 aliphatic rings. The molecule has 19 heavy (non-hydrogen) atoms. The van der Waals surface area contributed by atoms with Crippen LogP contribution in [0.1, 0.15) is 53.4 Å². The molecule has 4 atom stereocenters. The third-order valence-corrected chi connectivity index (χ3v) is 4.41. The number of nitrogens with zero attached hydrogens (tertiary/aromatic N) is 1. The lowest BCUT2D eigenvalue weighted by Crippen LogP contribution is -2.65. The van der Waals surface area contributed by atoms with Gasteiger partial charge in [-0.05, 0) is 24.7 Å². The summed E-state index contributed by atoms with van der Waals surface area (Å²) in [6.45, 7) is 8.25. The molecule has 0 aromatic heterocycles. The topological polar surface area (TPSA) is 49.4 Å². The maximum Gasteiger partial charge on any atom is 0.246 e. The van der Waals surface area contributed by atoms with E-state index in [1.165, 1.54) is 0 Å². The highest BCUT2D eigenvalue weighted by atomic mass is 16.2. The van der Waals surface area contributed by atoms with Gasteiger partial charge >= 0.3 is 0 Å². The zero-order chi connectivity index (χ0) is 14.2. The Balaban J connectivity index is 2.20. The van der Waals surface area contributed by atoms with Gasteiger partial charge in [0.1, 0.15) is 12.1 Å². The summed E-state index contributed by atoms with van der Waals surface area (Å²) in [5.74, 6) is 0.943. The molecular weight excluding hydrogens is 240 g/mol. The Morgan fingerprint density at radius 3 is 2.47 bits per heavy atom. The number of hydrogen-bond acceptors (Lipinski definition) is 2. The second kappa shape index (κ2) is 5.51. The van der Waals surface area contributed by atoms with E-state index in [1.54, 1.807) is 0 Å². The van der Waals surface area contributed by atoms with E-state index >= 15 is 0 Å². The molecule has 1 saturated heterocycles. The number of rotatable bonds is 5. The predicted octanol–water partition coefficient (Wildman–Crippen LogP) is 1.94. The van der Waals surface area contributed by atoms with Gasteiger partial charge in [0.15, 0.2) is 0 Å². The Hall–Kier alpha value is -1.06. The number of piperazine rings is 1. The number of carbonyl (C=O) groups is 2. The average molecular weight is 266 g/mol. The molecule has 2 amide bonds. The lowest BCUT2D eigenvalue weighted by atomic mass is 9.95. The van der Waals surface area contributed by atoms with Gasteiger partial charge in [0, 0.05) is 6.04 Å². The highest BCUT2D eigenvalue weighted by molar-refractivity contribution is 5.97. The highest BCUT2D eigenvalue weighted by Gasteiger charge is 2.51. The first-order valence-electron chi connectivity index (χ1n) is 7.63. The quantitative estimate of drug-likeness (QED) is 0.826. The molecule has 0 aromatic rings. The normalized spacial score (nSPS) is 34.7. The fraction of sp³-hybridized carbons (Fsp3) is 0.867. The second-order valence-electron chi connectivity index (χ2n) is 6.26. The van der Waals surface area contributed by atoms with Crippen LogP contribution >= 0.6 is 0 Å². The summed E-state index contributed by atoms with van der Waals surface area (Å²) >= 11 is 0. The molecule has 4 unspecified atom stereocenters.